The van der Waals surface area contributed by atoms with Gasteiger partial charge >= 0.3 is 5.97 Å². The number of esters is 1. The van der Waals surface area contributed by atoms with Crippen molar-refractivity contribution in [1.82, 2.24) is 4.90 Å². The molecule has 1 heterocycles. The van der Waals surface area contributed by atoms with Crippen LogP contribution in [0.4, 0.5) is 0 Å². The fourth-order valence-corrected chi connectivity index (χ4v) is 4.37. The largest absolute Gasteiger partial charge is 0.463 e. The van der Waals surface area contributed by atoms with Gasteiger partial charge in [-0.1, -0.05) is 26.7 Å². The highest BCUT2D eigenvalue weighted by Gasteiger charge is 2.22. The van der Waals surface area contributed by atoms with E-state index >= 15 is 0 Å². The van der Waals surface area contributed by atoms with Crippen molar-refractivity contribution >= 4 is 17.8 Å². The lowest BCUT2D eigenvalue weighted by molar-refractivity contribution is -0.150. The van der Waals surface area contributed by atoms with E-state index in [0.29, 0.717) is 139 Å². The molecular weight excluding hydrogens is 686 g/mol. The Morgan fingerprint density at radius 2 is 0.769 bits per heavy atom. The average molecular weight is 752 g/mol. The molecule has 0 aromatic rings. The van der Waals surface area contributed by atoms with Crippen LogP contribution in [0, 0.1) is 5.92 Å². The van der Waals surface area contributed by atoms with Crippen molar-refractivity contribution in [3.63, 3.8) is 0 Å². The minimum absolute atomic E-state index is 0.0103. The average Bonchev–Trinajstić information content (AvgIpc) is 3.47. The molecule has 2 amide bonds. The van der Waals surface area contributed by atoms with Gasteiger partial charge in [-0.15, -0.1) is 0 Å². The zero-order chi connectivity index (χ0) is 37.6. The summed E-state index contributed by atoms with van der Waals surface area (Å²) in [6.07, 6.45) is 6.32. The van der Waals surface area contributed by atoms with E-state index in [2.05, 4.69) is 6.92 Å². The molecule has 1 atom stereocenters. The summed E-state index contributed by atoms with van der Waals surface area (Å²) in [6.45, 7) is 14.5. The number of hydrogen-bond acceptors (Lipinski definition) is 15. The Bertz CT molecular complexity index is 861. The molecule has 0 saturated heterocycles. The first kappa shape index (κ1) is 47.9. The number of hydrogen-bond donors (Lipinski definition) is 0. The van der Waals surface area contributed by atoms with E-state index in [1.54, 1.807) is 0 Å². The van der Waals surface area contributed by atoms with E-state index in [-0.39, 0.29) is 43.5 Å². The van der Waals surface area contributed by atoms with Crippen LogP contribution in [0.1, 0.15) is 39.5 Å². The summed E-state index contributed by atoms with van der Waals surface area (Å²) in [6, 6.07) is 0. The van der Waals surface area contributed by atoms with Crippen LogP contribution in [-0.4, -0.2) is 181 Å². The fraction of sp³-hybridized carbons (Fsp3) is 0.861. The first-order valence-corrected chi connectivity index (χ1v) is 18.6. The monoisotopic (exact) mass is 751 g/mol. The molecule has 1 aliphatic heterocycles. The lowest BCUT2D eigenvalue weighted by Gasteiger charge is -2.13. The Kier molecular flexibility index (Phi) is 34.3. The first-order chi connectivity index (χ1) is 25.6. The first-order valence-electron chi connectivity index (χ1n) is 18.6. The van der Waals surface area contributed by atoms with Gasteiger partial charge < -0.3 is 56.8 Å². The molecule has 0 saturated carbocycles. The van der Waals surface area contributed by atoms with Crippen LogP contribution in [0.15, 0.2) is 12.2 Å². The van der Waals surface area contributed by atoms with E-state index in [0.717, 1.165) is 30.6 Å². The van der Waals surface area contributed by atoms with Crippen molar-refractivity contribution in [3.8, 4) is 0 Å². The highest BCUT2D eigenvalue weighted by molar-refractivity contribution is 6.12. The molecular formula is C36H65NO15. The molecule has 1 rings (SSSR count). The third-order valence-electron chi connectivity index (χ3n) is 7.28. The maximum absolute atomic E-state index is 12.0. The molecule has 304 valence electrons. The lowest BCUT2D eigenvalue weighted by atomic mass is 10.00. The molecule has 1 aliphatic rings. The van der Waals surface area contributed by atoms with Crippen molar-refractivity contribution in [2.45, 2.75) is 39.5 Å². The Morgan fingerprint density at radius 3 is 1.06 bits per heavy atom. The van der Waals surface area contributed by atoms with Crippen LogP contribution in [0.2, 0.25) is 0 Å². The van der Waals surface area contributed by atoms with Crippen LogP contribution in [0.25, 0.3) is 0 Å². The summed E-state index contributed by atoms with van der Waals surface area (Å²) in [5, 5.41) is 0. The van der Waals surface area contributed by atoms with Gasteiger partial charge in [-0.2, -0.15) is 0 Å². The predicted octanol–water partition coefficient (Wildman–Crippen LogP) is 1.85. The van der Waals surface area contributed by atoms with Gasteiger partial charge in [0, 0.05) is 12.2 Å². The lowest BCUT2D eigenvalue weighted by Crippen LogP contribution is -2.33. The minimum atomic E-state index is -0.309. The summed E-state index contributed by atoms with van der Waals surface area (Å²) < 4.78 is 65.3. The minimum Gasteiger partial charge on any atom is -0.463 e. The van der Waals surface area contributed by atoms with Crippen molar-refractivity contribution in [3.05, 3.63) is 12.2 Å². The second kappa shape index (κ2) is 37.2. The van der Waals surface area contributed by atoms with Crippen LogP contribution in [0.3, 0.4) is 0 Å². The van der Waals surface area contributed by atoms with Gasteiger partial charge in [-0.3, -0.25) is 19.3 Å². The Labute approximate surface area is 309 Å². The summed E-state index contributed by atoms with van der Waals surface area (Å²) in [5.41, 5.74) is 0. The molecule has 16 nitrogen and oxygen atoms in total. The van der Waals surface area contributed by atoms with Crippen molar-refractivity contribution < 1.29 is 71.2 Å². The van der Waals surface area contributed by atoms with E-state index in [1.165, 1.54) is 12.2 Å². The van der Waals surface area contributed by atoms with E-state index in [4.69, 9.17) is 56.8 Å². The number of carbonyl (C=O) groups excluding carboxylic acids is 3. The van der Waals surface area contributed by atoms with Gasteiger partial charge in [0.2, 0.25) is 0 Å². The number of ether oxygens (including phenoxy) is 12. The fourth-order valence-electron chi connectivity index (χ4n) is 4.37. The Morgan fingerprint density at radius 1 is 0.481 bits per heavy atom. The van der Waals surface area contributed by atoms with Crippen LogP contribution in [0.5, 0.6) is 0 Å². The Balaban J connectivity index is 1.65. The highest BCUT2D eigenvalue weighted by Crippen LogP contribution is 2.14. The maximum Gasteiger partial charge on any atom is 0.308 e. The maximum atomic E-state index is 12.0. The molecule has 0 aromatic heterocycles. The number of unbranched alkanes of at least 4 members (excludes halogenated alkanes) is 1. The second-order valence-electron chi connectivity index (χ2n) is 11.3. The number of rotatable bonds is 41. The molecule has 1 unspecified atom stereocenters. The normalized spacial score (nSPS) is 13.5. The molecule has 52 heavy (non-hydrogen) atoms. The van der Waals surface area contributed by atoms with Crippen LogP contribution < -0.4 is 0 Å². The number of imide groups is 1. The van der Waals surface area contributed by atoms with Gasteiger partial charge in [0.05, 0.1) is 158 Å². The third kappa shape index (κ3) is 29.4. The molecule has 0 bridgehead atoms. The smallest absolute Gasteiger partial charge is 0.308 e. The van der Waals surface area contributed by atoms with E-state index < -0.39 is 0 Å². The van der Waals surface area contributed by atoms with Gasteiger partial charge in [0.15, 0.2) is 0 Å². The van der Waals surface area contributed by atoms with Gasteiger partial charge in [0.25, 0.3) is 11.8 Å². The number of amides is 2. The third-order valence-corrected chi connectivity index (χ3v) is 7.28. The molecule has 0 spiro atoms. The summed E-state index contributed by atoms with van der Waals surface area (Å²) >= 11 is 0. The topological polar surface area (TPSA) is 165 Å². The van der Waals surface area contributed by atoms with E-state index in [9.17, 15) is 14.4 Å². The standard InChI is InChI=1S/C36H65NO15/c1-3-5-6-33(4-2)36(40)52-32-31-51-30-29-50-28-27-49-26-25-48-24-23-47-22-21-46-20-19-45-18-17-44-16-15-43-14-13-42-12-11-41-10-9-37-34(38)7-8-35(37)39/h7-8,33H,3-6,9-32H2,1-2H3. The molecule has 0 N–H and O–H groups in total. The van der Waals surface area contributed by atoms with E-state index in [1.807, 2.05) is 6.92 Å². The van der Waals surface area contributed by atoms with Gasteiger partial charge in [-0.05, 0) is 12.8 Å². The summed E-state index contributed by atoms with van der Waals surface area (Å²) in [7, 11) is 0. The van der Waals surface area contributed by atoms with Crippen LogP contribution >= 0.6 is 0 Å². The number of carbonyl (C=O) groups is 3. The zero-order valence-electron chi connectivity index (χ0n) is 31.6. The highest BCUT2D eigenvalue weighted by atomic mass is 16.6. The van der Waals surface area contributed by atoms with Crippen LogP contribution in [-0.2, 0) is 71.2 Å². The van der Waals surface area contributed by atoms with Crippen molar-refractivity contribution in [2.75, 3.05) is 159 Å². The molecule has 0 radical (unpaired) electrons. The number of nitrogens with zero attached hydrogens (tertiary/aromatic N) is 1. The molecule has 0 aromatic carbocycles. The predicted molar refractivity (Wildman–Crippen MR) is 189 cm³/mol. The second-order valence-corrected chi connectivity index (χ2v) is 11.3. The van der Waals surface area contributed by atoms with Gasteiger partial charge in [-0.25, -0.2) is 0 Å². The SMILES string of the molecule is CCCCC(CC)C(=O)OCCOCCOCCOCCOCCOCCOCCOCCOCCOCCOCCOCCN1C(=O)C=CC1=O. The summed E-state index contributed by atoms with van der Waals surface area (Å²) in [5.74, 6) is -0.755. The molecule has 0 aliphatic carbocycles. The molecule has 16 heteroatoms. The van der Waals surface area contributed by atoms with Crippen molar-refractivity contribution in [1.29, 1.82) is 0 Å². The zero-order valence-corrected chi connectivity index (χ0v) is 31.6. The summed E-state index contributed by atoms with van der Waals surface area (Å²) in [4.78, 5) is 36.0. The Hall–Kier alpha value is -2.09. The quantitative estimate of drug-likeness (QED) is 0.0505. The van der Waals surface area contributed by atoms with Crippen molar-refractivity contribution in [2.24, 2.45) is 5.92 Å². The molecule has 0 fully saturated rings. The van der Waals surface area contributed by atoms with Gasteiger partial charge in [0.1, 0.15) is 6.61 Å².